The van der Waals surface area contributed by atoms with Crippen LogP contribution in [0.3, 0.4) is 0 Å². The summed E-state index contributed by atoms with van der Waals surface area (Å²) in [5.74, 6) is 3.77. The van der Waals surface area contributed by atoms with Crippen LogP contribution in [0.2, 0.25) is 0 Å². The molecule has 332 valence electrons. The van der Waals surface area contributed by atoms with Crippen LogP contribution in [0.15, 0.2) is 71.6 Å². The van der Waals surface area contributed by atoms with Crippen molar-refractivity contribution >= 4 is 27.2 Å². The van der Waals surface area contributed by atoms with Gasteiger partial charge in [0, 0.05) is 66.8 Å². The lowest BCUT2D eigenvalue weighted by molar-refractivity contribution is -0.166. The van der Waals surface area contributed by atoms with Gasteiger partial charge in [-0.15, -0.1) is 0 Å². The SMILES string of the molecule is CCCS(=O)(=O)c1ccc(NC(=O)Nc2cc(OC)ccc2OC)cc1.COCCOc1cc2c(cc1C)C(C)(C)CC1(CC(C)(C)c3cc(OCCOC)c(C)cc3O1)O2. The fraction of sp³-hybridized carbons (Fsp3) is 0.468. The van der Waals surface area contributed by atoms with Crippen LogP contribution in [0.1, 0.15) is 76.1 Å². The number of aryl methyl sites for hydroxylation is 2. The number of amides is 2. The molecule has 0 bridgehead atoms. The molecule has 1 spiro atoms. The van der Waals surface area contributed by atoms with E-state index in [0.717, 1.165) is 52.5 Å². The zero-order valence-corrected chi connectivity index (χ0v) is 38.2. The summed E-state index contributed by atoms with van der Waals surface area (Å²) in [4.78, 5) is 12.4. The molecule has 1 unspecified atom stereocenters. The van der Waals surface area contributed by atoms with Crippen molar-refractivity contribution in [3.05, 3.63) is 89.0 Å². The van der Waals surface area contributed by atoms with E-state index in [1.165, 1.54) is 31.9 Å². The largest absolute Gasteiger partial charge is 0.497 e. The van der Waals surface area contributed by atoms with Gasteiger partial charge in [0.05, 0.1) is 43.8 Å². The lowest BCUT2D eigenvalue weighted by atomic mass is 9.69. The number of hydrogen-bond acceptors (Lipinski definition) is 11. The number of fused-ring (bicyclic) bond motifs is 2. The Morgan fingerprint density at radius 2 is 1.23 bits per heavy atom. The monoisotopic (exact) mass is 862 g/mol. The second kappa shape index (κ2) is 19.7. The number of carbonyl (C=O) groups excluding carboxylic acids is 1. The average molecular weight is 863 g/mol. The fourth-order valence-corrected chi connectivity index (χ4v) is 9.16. The van der Waals surface area contributed by atoms with Crippen molar-refractivity contribution in [2.24, 2.45) is 0 Å². The van der Waals surface area contributed by atoms with Gasteiger partial charge >= 0.3 is 6.03 Å². The number of carbonyl (C=O) groups is 1. The molecule has 4 aromatic rings. The van der Waals surface area contributed by atoms with E-state index in [1.54, 1.807) is 44.6 Å². The Morgan fingerprint density at radius 1 is 0.672 bits per heavy atom. The molecule has 6 rings (SSSR count). The Morgan fingerprint density at radius 3 is 1.79 bits per heavy atom. The number of rotatable bonds is 15. The molecule has 0 saturated carbocycles. The van der Waals surface area contributed by atoms with Crippen LogP contribution < -0.4 is 39.1 Å². The van der Waals surface area contributed by atoms with E-state index in [9.17, 15) is 13.2 Å². The Bertz CT molecular complexity index is 2260. The van der Waals surface area contributed by atoms with Gasteiger partial charge in [-0.05, 0) is 86.0 Å². The molecule has 13 nitrogen and oxygen atoms in total. The van der Waals surface area contributed by atoms with Crippen molar-refractivity contribution in [1.29, 1.82) is 0 Å². The molecular formula is C47H62N2O11S. The van der Waals surface area contributed by atoms with Crippen LogP contribution in [0.5, 0.6) is 34.5 Å². The van der Waals surface area contributed by atoms with Gasteiger partial charge in [-0.25, -0.2) is 13.2 Å². The molecule has 2 N–H and O–H groups in total. The summed E-state index contributed by atoms with van der Waals surface area (Å²) in [6, 6.07) is 19.0. The summed E-state index contributed by atoms with van der Waals surface area (Å²) in [7, 11) is 3.10. The van der Waals surface area contributed by atoms with Gasteiger partial charge in [0.25, 0.3) is 5.79 Å². The first kappa shape index (κ1) is 46.9. The number of ether oxygens (including phenoxy) is 8. The Labute approximate surface area is 361 Å². The number of methoxy groups -OCH3 is 4. The number of sulfone groups is 1. The highest BCUT2D eigenvalue weighted by Crippen LogP contribution is 2.55. The third-order valence-electron chi connectivity index (χ3n) is 10.7. The van der Waals surface area contributed by atoms with Crippen LogP contribution >= 0.6 is 0 Å². The third kappa shape index (κ3) is 11.4. The summed E-state index contributed by atoms with van der Waals surface area (Å²) >= 11 is 0. The first-order valence-corrected chi connectivity index (χ1v) is 22.1. The number of anilines is 2. The van der Waals surface area contributed by atoms with Gasteiger partial charge in [-0.1, -0.05) is 34.6 Å². The molecule has 2 amide bonds. The van der Waals surface area contributed by atoms with Gasteiger partial charge in [0.1, 0.15) is 47.7 Å². The minimum absolute atomic E-state index is 0.0932. The molecule has 0 aromatic heterocycles. The highest BCUT2D eigenvalue weighted by Gasteiger charge is 2.53. The highest BCUT2D eigenvalue weighted by molar-refractivity contribution is 7.91. The van der Waals surface area contributed by atoms with Gasteiger partial charge in [-0.3, -0.25) is 0 Å². The van der Waals surface area contributed by atoms with E-state index in [0.29, 0.717) is 55.7 Å². The molecule has 2 heterocycles. The number of benzene rings is 4. The lowest BCUT2D eigenvalue weighted by Crippen LogP contribution is -2.55. The second-order valence-electron chi connectivity index (χ2n) is 16.6. The van der Waals surface area contributed by atoms with Crippen molar-refractivity contribution in [3.63, 3.8) is 0 Å². The predicted molar refractivity (Wildman–Crippen MR) is 237 cm³/mol. The molecular weight excluding hydrogens is 801 g/mol. The Kier molecular flexibility index (Phi) is 15.1. The minimum atomic E-state index is -3.28. The molecule has 0 saturated heterocycles. The normalized spacial score (nSPS) is 17.0. The lowest BCUT2D eigenvalue weighted by Gasteiger charge is -2.51. The molecule has 0 aliphatic carbocycles. The smallest absolute Gasteiger partial charge is 0.323 e. The van der Waals surface area contributed by atoms with Crippen molar-refractivity contribution in [2.45, 2.75) is 89.2 Å². The van der Waals surface area contributed by atoms with Crippen LogP contribution in [-0.2, 0) is 30.1 Å². The zero-order chi connectivity index (χ0) is 44.6. The van der Waals surface area contributed by atoms with Crippen LogP contribution in [-0.4, -0.2) is 80.9 Å². The summed E-state index contributed by atoms with van der Waals surface area (Å²) in [5.41, 5.74) is 5.08. The molecule has 0 radical (unpaired) electrons. The van der Waals surface area contributed by atoms with Crippen molar-refractivity contribution in [3.8, 4) is 34.5 Å². The van der Waals surface area contributed by atoms with Gasteiger partial charge in [-0.2, -0.15) is 0 Å². The van der Waals surface area contributed by atoms with Crippen LogP contribution in [0.4, 0.5) is 16.2 Å². The Balaban J connectivity index is 0.000000242. The first-order valence-electron chi connectivity index (χ1n) is 20.4. The minimum Gasteiger partial charge on any atom is -0.497 e. The molecule has 2 aliphatic rings. The van der Waals surface area contributed by atoms with E-state index in [1.807, 2.05) is 19.9 Å². The van der Waals surface area contributed by atoms with Crippen molar-refractivity contribution < 1.29 is 51.1 Å². The van der Waals surface area contributed by atoms with Crippen LogP contribution in [0, 0.1) is 13.8 Å². The quantitative estimate of drug-likeness (QED) is 0.110. The first-order chi connectivity index (χ1) is 28.9. The standard InChI is InChI=1S/C29H40O6.C18H22N2O5S/c1-19-13-21-26(16-24(19)33-12-10-31-8)35-29(17-27(21,3)4)18-28(5,6)22-15-23(32-11-9-30-7)20(2)14-25(22)34-29;1-4-11-26(22,23)15-8-5-13(6-9-15)19-18(21)20-16-12-14(24-2)7-10-17(16)25-3/h13-16H,9-12,17-18H2,1-8H3;5-10,12H,4,11H2,1-3H3,(H2,19,20,21). The van der Waals surface area contributed by atoms with E-state index >= 15 is 0 Å². The van der Waals surface area contributed by atoms with Gasteiger partial charge < -0.3 is 48.5 Å². The molecule has 1 atom stereocenters. The summed E-state index contributed by atoms with van der Waals surface area (Å²) in [6.07, 6.45) is 2.03. The maximum absolute atomic E-state index is 12.2. The maximum Gasteiger partial charge on any atom is 0.323 e. The van der Waals surface area contributed by atoms with E-state index in [2.05, 4.69) is 63.5 Å². The molecule has 2 aliphatic heterocycles. The number of urea groups is 1. The topological polar surface area (TPSA) is 149 Å². The molecule has 4 aromatic carbocycles. The van der Waals surface area contributed by atoms with Gasteiger partial charge in [0.15, 0.2) is 9.84 Å². The van der Waals surface area contributed by atoms with Crippen molar-refractivity contribution in [2.75, 3.05) is 71.3 Å². The summed E-state index contributed by atoms with van der Waals surface area (Å²) < 4.78 is 70.1. The second-order valence-corrected chi connectivity index (χ2v) is 18.7. The number of nitrogens with one attached hydrogen (secondary N) is 2. The molecule has 61 heavy (non-hydrogen) atoms. The van der Waals surface area contributed by atoms with Crippen molar-refractivity contribution in [1.82, 2.24) is 0 Å². The highest BCUT2D eigenvalue weighted by atomic mass is 32.2. The van der Waals surface area contributed by atoms with E-state index in [4.69, 9.17) is 37.9 Å². The third-order valence-corrected chi connectivity index (χ3v) is 12.7. The average Bonchev–Trinajstić information content (AvgIpc) is 3.19. The van der Waals surface area contributed by atoms with Gasteiger partial charge in [0.2, 0.25) is 0 Å². The molecule has 14 heteroatoms. The van der Waals surface area contributed by atoms with E-state index < -0.39 is 21.7 Å². The summed E-state index contributed by atoms with van der Waals surface area (Å²) in [6.45, 7) is 17.1. The van der Waals surface area contributed by atoms with Crippen LogP contribution in [0.25, 0.3) is 0 Å². The fourth-order valence-electron chi connectivity index (χ4n) is 7.83. The zero-order valence-electron chi connectivity index (χ0n) is 37.4. The molecule has 0 fully saturated rings. The maximum atomic E-state index is 12.2. The van der Waals surface area contributed by atoms with E-state index in [-0.39, 0.29) is 21.5 Å². The Hall–Kier alpha value is -5.18. The predicted octanol–water partition coefficient (Wildman–Crippen LogP) is 9.40. The number of hydrogen-bond donors (Lipinski definition) is 2. The summed E-state index contributed by atoms with van der Waals surface area (Å²) in [5, 5.41) is 5.33.